The molecule has 136 valence electrons. The number of rotatable bonds is 10. The van der Waals surface area contributed by atoms with Gasteiger partial charge in [0.2, 0.25) is 5.91 Å². The van der Waals surface area contributed by atoms with Gasteiger partial charge in [-0.05, 0) is 19.3 Å². The highest BCUT2D eigenvalue weighted by molar-refractivity contribution is 8.01. The first kappa shape index (κ1) is 18.9. The number of carboxylic acids is 1. The fraction of sp³-hybridized carbons (Fsp3) is 0.812. The fourth-order valence-electron chi connectivity index (χ4n) is 3.38. The molecule has 0 aromatic heterocycles. The topological polar surface area (TPSA) is 108 Å². The Bertz CT molecular complexity index is 488. The van der Waals surface area contributed by atoms with Gasteiger partial charge in [0.05, 0.1) is 12.1 Å². The molecule has 0 spiro atoms. The zero-order valence-electron chi connectivity index (χ0n) is 14.1. The van der Waals surface area contributed by atoms with Crippen molar-refractivity contribution in [1.29, 1.82) is 0 Å². The number of unbranched alkanes of at least 4 members (excludes halogenated alkanes) is 3. The van der Waals surface area contributed by atoms with Crippen LogP contribution in [0, 0.1) is 0 Å². The number of amides is 3. The molecule has 0 radical (unpaired) electrons. The van der Waals surface area contributed by atoms with E-state index in [2.05, 4.69) is 22.9 Å². The first-order valence-corrected chi connectivity index (χ1v) is 9.69. The lowest BCUT2D eigenvalue weighted by Gasteiger charge is -2.32. The minimum atomic E-state index is -0.819. The van der Waals surface area contributed by atoms with E-state index in [9.17, 15) is 14.4 Å². The molecule has 0 saturated carbocycles. The molecule has 2 aliphatic heterocycles. The van der Waals surface area contributed by atoms with E-state index in [0.717, 1.165) is 19.3 Å². The largest absolute Gasteiger partial charge is 0.481 e. The van der Waals surface area contributed by atoms with Gasteiger partial charge in [-0.15, -0.1) is 11.8 Å². The van der Waals surface area contributed by atoms with Gasteiger partial charge in [0.1, 0.15) is 4.75 Å². The Morgan fingerprint density at radius 1 is 1.29 bits per heavy atom. The van der Waals surface area contributed by atoms with Crippen molar-refractivity contribution < 1.29 is 19.5 Å². The van der Waals surface area contributed by atoms with Crippen LogP contribution in [0.5, 0.6) is 0 Å². The predicted octanol–water partition coefficient (Wildman–Crippen LogP) is 1.47. The summed E-state index contributed by atoms with van der Waals surface area (Å²) in [6, 6.07) is -0.492. The van der Waals surface area contributed by atoms with Gasteiger partial charge in [-0.2, -0.15) is 0 Å². The Morgan fingerprint density at radius 2 is 2.08 bits per heavy atom. The van der Waals surface area contributed by atoms with Crippen LogP contribution in [0.2, 0.25) is 0 Å². The number of aliphatic carboxylic acids is 1. The van der Waals surface area contributed by atoms with E-state index < -0.39 is 10.7 Å². The van der Waals surface area contributed by atoms with E-state index in [4.69, 9.17) is 5.11 Å². The number of urea groups is 1. The molecule has 24 heavy (non-hydrogen) atoms. The lowest BCUT2D eigenvalue weighted by atomic mass is 9.88. The Kier molecular flexibility index (Phi) is 6.77. The molecule has 2 aliphatic rings. The summed E-state index contributed by atoms with van der Waals surface area (Å²) in [5.74, 6) is -0.152. The molecule has 2 fully saturated rings. The molecular weight excluding hydrogens is 330 g/mol. The van der Waals surface area contributed by atoms with Gasteiger partial charge in [-0.25, -0.2) is 4.79 Å². The summed E-state index contributed by atoms with van der Waals surface area (Å²) in [5, 5.41) is 17.6. The highest BCUT2D eigenvalue weighted by Gasteiger charge is 2.57. The SMILES string of the molecule is CCCCCNC(=O)[C@@]1(CCCCC(=O)O)SC[C@@H]2NC(=O)N[C@@H]21. The number of fused-ring (bicyclic) bond motifs is 1. The average molecular weight is 357 g/mol. The number of carbonyl (C=O) groups is 3. The van der Waals surface area contributed by atoms with E-state index in [0.29, 0.717) is 31.6 Å². The Balaban J connectivity index is 1.99. The molecule has 8 heteroatoms. The first-order valence-electron chi connectivity index (χ1n) is 8.70. The second-order valence-corrected chi connectivity index (χ2v) is 7.82. The van der Waals surface area contributed by atoms with Gasteiger partial charge in [-0.3, -0.25) is 9.59 Å². The molecule has 0 aromatic rings. The van der Waals surface area contributed by atoms with Gasteiger partial charge in [0, 0.05) is 18.7 Å². The minimum Gasteiger partial charge on any atom is -0.481 e. The van der Waals surface area contributed by atoms with Crippen LogP contribution >= 0.6 is 11.8 Å². The molecular formula is C16H27N3O4S. The summed E-state index contributed by atoms with van der Waals surface area (Å²) in [7, 11) is 0. The second-order valence-electron chi connectivity index (χ2n) is 6.47. The Labute approximate surface area is 146 Å². The summed E-state index contributed by atoms with van der Waals surface area (Å²) in [5.41, 5.74) is 0. The van der Waals surface area contributed by atoms with Crippen molar-refractivity contribution in [3.05, 3.63) is 0 Å². The predicted molar refractivity (Wildman–Crippen MR) is 93.1 cm³/mol. The Morgan fingerprint density at radius 3 is 2.79 bits per heavy atom. The van der Waals surface area contributed by atoms with Crippen LogP contribution in [-0.2, 0) is 9.59 Å². The van der Waals surface area contributed by atoms with E-state index >= 15 is 0 Å². The molecule has 2 rings (SSSR count). The van der Waals surface area contributed by atoms with Crippen LogP contribution in [0.3, 0.4) is 0 Å². The van der Waals surface area contributed by atoms with E-state index in [1.54, 1.807) is 11.8 Å². The molecule has 2 saturated heterocycles. The smallest absolute Gasteiger partial charge is 0.315 e. The molecule has 2 heterocycles. The standard InChI is InChI=1S/C16H27N3O4S/c1-2-3-6-9-17-14(22)16(8-5-4-7-12(20)21)13-11(10-24-16)18-15(23)19-13/h11,13H,2-10H2,1H3,(H,17,22)(H,20,21)(H2,18,19,23)/t11-,13-,16-/m0/s1. The molecule has 0 bridgehead atoms. The third-order valence-electron chi connectivity index (χ3n) is 4.67. The quantitative estimate of drug-likeness (QED) is 0.350. The van der Waals surface area contributed by atoms with Gasteiger partial charge >= 0.3 is 12.0 Å². The van der Waals surface area contributed by atoms with Gasteiger partial charge < -0.3 is 21.1 Å². The van der Waals surface area contributed by atoms with Crippen molar-refractivity contribution in [2.45, 2.75) is 68.7 Å². The zero-order valence-corrected chi connectivity index (χ0v) is 14.9. The number of hydrogen-bond acceptors (Lipinski definition) is 4. The zero-order chi connectivity index (χ0) is 17.6. The van der Waals surface area contributed by atoms with Crippen LogP contribution in [0.25, 0.3) is 0 Å². The van der Waals surface area contributed by atoms with Gasteiger partial charge in [0.25, 0.3) is 0 Å². The lowest BCUT2D eigenvalue weighted by molar-refractivity contribution is -0.137. The van der Waals surface area contributed by atoms with Gasteiger partial charge in [-0.1, -0.05) is 26.2 Å². The summed E-state index contributed by atoms with van der Waals surface area (Å²) in [6.45, 7) is 2.76. The molecule has 0 aliphatic carbocycles. The third-order valence-corrected chi connectivity index (χ3v) is 6.35. The van der Waals surface area contributed by atoms with E-state index in [1.807, 2.05) is 0 Å². The van der Waals surface area contributed by atoms with Crippen molar-refractivity contribution in [3.8, 4) is 0 Å². The van der Waals surface area contributed by atoms with Crippen LogP contribution in [0.4, 0.5) is 4.79 Å². The van der Waals surface area contributed by atoms with Crippen LogP contribution in [0.15, 0.2) is 0 Å². The average Bonchev–Trinajstić information content (AvgIpc) is 3.06. The summed E-state index contributed by atoms with van der Waals surface area (Å²) >= 11 is 1.58. The van der Waals surface area contributed by atoms with Crippen molar-refractivity contribution >= 4 is 29.7 Å². The number of carboxylic acid groups (broad SMARTS) is 1. The van der Waals surface area contributed by atoms with E-state index in [-0.39, 0.29) is 30.4 Å². The Hall–Kier alpha value is -1.44. The number of carbonyl (C=O) groups excluding carboxylic acids is 2. The van der Waals surface area contributed by atoms with Crippen LogP contribution < -0.4 is 16.0 Å². The first-order chi connectivity index (χ1) is 11.5. The highest BCUT2D eigenvalue weighted by atomic mass is 32.2. The summed E-state index contributed by atoms with van der Waals surface area (Å²) < 4.78 is -0.700. The molecule has 0 aromatic carbocycles. The molecule has 0 unspecified atom stereocenters. The van der Waals surface area contributed by atoms with Gasteiger partial charge in [0.15, 0.2) is 0 Å². The highest BCUT2D eigenvalue weighted by Crippen LogP contribution is 2.44. The normalized spacial score (nSPS) is 28.1. The maximum atomic E-state index is 12.9. The molecule has 7 nitrogen and oxygen atoms in total. The minimum absolute atomic E-state index is 0.0320. The molecule has 3 amide bonds. The van der Waals surface area contributed by atoms with Crippen LogP contribution in [-0.4, -0.2) is 52.1 Å². The summed E-state index contributed by atoms with van der Waals surface area (Å²) in [4.78, 5) is 35.2. The lowest BCUT2D eigenvalue weighted by Crippen LogP contribution is -2.56. The van der Waals surface area contributed by atoms with E-state index in [1.165, 1.54) is 0 Å². The van der Waals surface area contributed by atoms with Crippen molar-refractivity contribution in [2.75, 3.05) is 12.3 Å². The summed E-state index contributed by atoms with van der Waals surface area (Å²) in [6.07, 6.45) is 4.99. The number of thioether (sulfide) groups is 1. The van der Waals surface area contributed by atoms with Crippen molar-refractivity contribution in [1.82, 2.24) is 16.0 Å². The molecule has 3 atom stereocenters. The number of hydrogen-bond donors (Lipinski definition) is 4. The fourth-order valence-corrected chi connectivity index (χ4v) is 5.03. The number of nitrogens with one attached hydrogen (secondary N) is 3. The van der Waals surface area contributed by atoms with Crippen molar-refractivity contribution in [3.63, 3.8) is 0 Å². The van der Waals surface area contributed by atoms with Crippen molar-refractivity contribution in [2.24, 2.45) is 0 Å². The second kappa shape index (κ2) is 8.60. The maximum Gasteiger partial charge on any atom is 0.315 e. The monoisotopic (exact) mass is 357 g/mol. The molecule has 4 N–H and O–H groups in total. The van der Waals surface area contributed by atoms with Crippen LogP contribution in [0.1, 0.15) is 51.9 Å². The third kappa shape index (κ3) is 4.34. The maximum absolute atomic E-state index is 12.9.